The van der Waals surface area contributed by atoms with Crippen LogP contribution in [0.1, 0.15) is 30.8 Å². The highest BCUT2D eigenvalue weighted by Gasteiger charge is 2.20. The fourth-order valence-electron chi connectivity index (χ4n) is 2.55. The molecule has 5 heteroatoms. The Balaban J connectivity index is 1.67. The molecule has 1 atom stereocenters. The quantitative estimate of drug-likeness (QED) is 0.829. The molecule has 1 aromatic rings. The average molecular weight is 279 g/mol. The van der Waals surface area contributed by atoms with Gasteiger partial charge in [0.1, 0.15) is 5.69 Å². The van der Waals surface area contributed by atoms with Crippen molar-refractivity contribution in [2.24, 2.45) is 5.92 Å². The number of carbonyl (C=O) groups is 1. The molecule has 0 spiro atoms. The van der Waals surface area contributed by atoms with Crippen molar-refractivity contribution in [2.45, 2.75) is 26.4 Å². The van der Waals surface area contributed by atoms with Gasteiger partial charge in [-0.15, -0.1) is 0 Å². The molecule has 0 radical (unpaired) electrons. The second kappa shape index (κ2) is 7.45. The van der Waals surface area contributed by atoms with Gasteiger partial charge in [-0.25, -0.2) is 0 Å². The number of nitrogens with one attached hydrogen (secondary N) is 2. The van der Waals surface area contributed by atoms with Crippen molar-refractivity contribution in [3.8, 4) is 0 Å². The number of nitrogens with zero attached hydrogens (tertiary/aromatic N) is 1. The van der Waals surface area contributed by atoms with Crippen LogP contribution in [0.15, 0.2) is 18.3 Å². The first-order valence-electron chi connectivity index (χ1n) is 7.40. The highest BCUT2D eigenvalue weighted by atomic mass is 16.5. The van der Waals surface area contributed by atoms with Gasteiger partial charge in [0, 0.05) is 32.4 Å². The van der Waals surface area contributed by atoms with Crippen molar-refractivity contribution < 1.29 is 9.53 Å². The van der Waals surface area contributed by atoms with Crippen LogP contribution >= 0.6 is 0 Å². The first-order valence-corrected chi connectivity index (χ1v) is 7.40. The molecule has 0 unspecified atom stereocenters. The minimum Gasteiger partial charge on any atom is -0.375 e. The molecule has 2 N–H and O–H groups in total. The number of ether oxygens (including phenoxy) is 1. The van der Waals surface area contributed by atoms with E-state index in [9.17, 15) is 4.79 Å². The molecule has 1 aliphatic rings. The van der Waals surface area contributed by atoms with Crippen molar-refractivity contribution in [1.29, 1.82) is 0 Å². The van der Waals surface area contributed by atoms with Gasteiger partial charge in [-0.3, -0.25) is 9.69 Å². The summed E-state index contributed by atoms with van der Waals surface area (Å²) in [4.78, 5) is 17.1. The predicted octanol–water partition coefficient (Wildman–Crippen LogP) is 1.49. The predicted molar refractivity (Wildman–Crippen MR) is 78.8 cm³/mol. The van der Waals surface area contributed by atoms with Gasteiger partial charge < -0.3 is 15.0 Å². The molecule has 0 aromatic carbocycles. The first-order chi connectivity index (χ1) is 9.65. The lowest BCUT2D eigenvalue weighted by Gasteiger charge is -2.33. The molecule has 5 nitrogen and oxygen atoms in total. The van der Waals surface area contributed by atoms with Crippen LogP contribution in [0, 0.1) is 5.92 Å². The van der Waals surface area contributed by atoms with E-state index in [-0.39, 0.29) is 12.0 Å². The highest BCUT2D eigenvalue weighted by molar-refractivity contribution is 5.92. The Labute approximate surface area is 120 Å². The van der Waals surface area contributed by atoms with Gasteiger partial charge in [0.2, 0.25) is 0 Å². The van der Waals surface area contributed by atoms with E-state index >= 15 is 0 Å². The molecule has 1 amide bonds. The lowest BCUT2D eigenvalue weighted by molar-refractivity contribution is -0.0344. The lowest BCUT2D eigenvalue weighted by Crippen LogP contribution is -2.45. The molecule has 0 aliphatic carbocycles. The number of morpholine rings is 1. The van der Waals surface area contributed by atoms with Crippen LogP contribution in [-0.4, -0.2) is 54.7 Å². The minimum absolute atomic E-state index is 0.0511. The Morgan fingerprint density at radius 2 is 2.45 bits per heavy atom. The standard InChI is InChI=1S/C15H25N3O2/c1-12(2)10-18-8-9-20-13(11-18)5-7-17-15(19)14-4-3-6-16-14/h3-4,6,12-13,16H,5,7-11H2,1-2H3,(H,17,19)/t13-/m0/s1. The van der Waals surface area contributed by atoms with Gasteiger partial charge in [-0.1, -0.05) is 13.8 Å². The maximum Gasteiger partial charge on any atom is 0.267 e. The maximum atomic E-state index is 11.8. The van der Waals surface area contributed by atoms with E-state index in [1.807, 2.05) is 6.07 Å². The third-order valence-corrected chi connectivity index (χ3v) is 3.44. The SMILES string of the molecule is CC(C)CN1CCO[C@@H](CCNC(=O)c2ccc[nH]2)C1. The minimum atomic E-state index is -0.0511. The molecule has 2 heterocycles. The van der Waals surface area contributed by atoms with E-state index < -0.39 is 0 Å². The van der Waals surface area contributed by atoms with E-state index in [1.165, 1.54) is 0 Å². The lowest BCUT2D eigenvalue weighted by atomic mass is 10.1. The molecule has 1 aliphatic heterocycles. The van der Waals surface area contributed by atoms with E-state index in [0.717, 1.165) is 32.7 Å². The first kappa shape index (κ1) is 15.1. The summed E-state index contributed by atoms with van der Waals surface area (Å²) in [5.74, 6) is 0.631. The summed E-state index contributed by atoms with van der Waals surface area (Å²) < 4.78 is 5.76. The number of aromatic amines is 1. The second-order valence-electron chi connectivity index (χ2n) is 5.77. The summed E-state index contributed by atoms with van der Waals surface area (Å²) >= 11 is 0. The van der Waals surface area contributed by atoms with Crippen molar-refractivity contribution in [3.05, 3.63) is 24.0 Å². The Hall–Kier alpha value is -1.33. The third kappa shape index (κ3) is 4.65. The molecule has 1 saturated heterocycles. The fraction of sp³-hybridized carbons (Fsp3) is 0.667. The normalized spacial score (nSPS) is 20.2. The van der Waals surface area contributed by atoms with Crippen LogP contribution in [0.25, 0.3) is 0 Å². The molecule has 0 bridgehead atoms. The average Bonchev–Trinajstić information content (AvgIpc) is 2.92. The van der Waals surface area contributed by atoms with E-state index in [0.29, 0.717) is 18.2 Å². The van der Waals surface area contributed by atoms with E-state index in [2.05, 4.69) is 29.0 Å². The molecule has 1 fully saturated rings. The summed E-state index contributed by atoms with van der Waals surface area (Å²) in [5.41, 5.74) is 0.607. The molecular formula is C15H25N3O2. The Morgan fingerprint density at radius 3 is 3.15 bits per heavy atom. The molecule has 1 aromatic heterocycles. The fourth-order valence-corrected chi connectivity index (χ4v) is 2.55. The van der Waals surface area contributed by atoms with Gasteiger partial charge >= 0.3 is 0 Å². The van der Waals surface area contributed by atoms with Crippen molar-refractivity contribution in [2.75, 3.05) is 32.8 Å². The van der Waals surface area contributed by atoms with Gasteiger partial charge in [-0.2, -0.15) is 0 Å². The number of H-pyrrole nitrogens is 1. The Bertz CT molecular complexity index is 403. The molecule has 2 rings (SSSR count). The zero-order chi connectivity index (χ0) is 14.4. The zero-order valence-electron chi connectivity index (χ0n) is 12.4. The van der Waals surface area contributed by atoms with Crippen LogP contribution in [-0.2, 0) is 4.74 Å². The molecule has 0 saturated carbocycles. The van der Waals surface area contributed by atoms with Crippen molar-refractivity contribution >= 4 is 5.91 Å². The summed E-state index contributed by atoms with van der Waals surface area (Å²) in [6.07, 6.45) is 2.84. The number of hydrogen-bond donors (Lipinski definition) is 2. The molecule has 112 valence electrons. The molecular weight excluding hydrogens is 254 g/mol. The molecule has 20 heavy (non-hydrogen) atoms. The van der Waals surface area contributed by atoms with Crippen LogP contribution < -0.4 is 5.32 Å². The van der Waals surface area contributed by atoms with Crippen LogP contribution in [0.4, 0.5) is 0 Å². The maximum absolute atomic E-state index is 11.8. The van der Waals surface area contributed by atoms with Gasteiger partial charge in [0.05, 0.1) is 12.7 Å². The van der Waals surface area contributed by atoms with Crippen molar-refractivity contribution in [1.82, 2.24) is 15.2 Å². The van der Waals surface area contributed by atoms with Crippen LogP contribution in [0.2, 0.25) is 0 Å². The summed E-state index contributed by atoms with van der Waals surface area (Å²) in [6, 6.07) is 3.60. The van der Waals surface area contributed by atoms with E-state index in [1.54, 1.807) is 12.3 Å². The summed E-state index contributed by atoms with van der Waals surface area (Å²) in [5, 5.41) is 2.92. The van der Waals surface area contributed by atoms with Crippen LogP contribution in [0.3, 0.4) is 0 Å². The van der Waals surface area contributed by atoms with E-state index in [4.69, 9.17) is 4.74 Å². The van der Waals surface area contributed by atoms with Crippen molar-refractivity contribution in [3.63, 3.8) is 0 Å². The topological polar surface area (TPSA) is 57.4 Å². The number of aromatic nitrogens is 1. The van der Waals surface area contributed by atoms with Crippen LogP contribution in [0.5, 0.6) is 0 Å². The smallest absolute Gasteiger partial charge is 0.267 e. The monoisotopic (exact) mass is 279 g/mol. The number of amides is 1. The summed E-state index contributed by atoms with van der Waals surface area (Å²) in [6.45, 7) is 9.02. The second-order valence-corrected chi connectivity index (χ2v) is 5.77. The zero-order valence-corrected chi connectivity index (χ0v) is 12.4. The third-order valence-electron chi connectivity index (χ3n) is 3.44. The highest BCUT2D eigenvalue weighted by Crippen LogP contribution is 2.10. The largest absolute Gasteiger partial charge is 0.375 e. The van der Waals surface area contributed by atoms with Gasteiger partial charge in [-0.05, 0) is 24.5 Å². The Morgan fingerprint density at radius 1 is 1.60 bits per heavy atom. The Kier molecular flexibility index (Phi) is 5.61. The number of carbonyl (C=O) groups excluding carboxylic acids is 1. The van der Waals surface area contributed by atoms with Gasteiger partial charge in [0.25, 0.3) is 5.91 Å². The van der Waals surface area contributed by atoms with Gasteiger partial charge in [0.15, 0.2) is 0 Å². The number of rotatable bonds is 6. The number of hydrogen-bond acceptors (Lipinski definition) is 3. The summed E-state index contributed by atoms with van der Waals surface area (Å²) in [7, 11) is 0.